The van der Waals surface area contributed by atoms with E-state index in [1.165, 1.54) is 12.1 Å². The smallest absolute Gasteiger partial charge is 0.416 e. The number of nitrogens with zero attached hydrogens (tertiary/aromatic N) is 2. The molecule has 2 aliphatic rings. The molecule has 2 aliphatic heterocycles. The second-order valence-corrected chi connectivity index (χ2v) is 11.0. The molecule has 6 nitrogen and oxygen atoms in total. The summed E-state index contributed by atoms with van der Waals surface area (Å²) in [6, 6.07) is 3.67. The number of carbonyl (C=O) groups is 2. The van der Waals surface area contributed by atoms with Gasteiger partial charge >= 0.3 is 12.4 Å². The molecule has 2 fully saturated rings. The van der Waals surface area contributed by atoms with E-state index in [0.29, 0.717) is 63.2 Å². The van der Waals surface area contributed by atoms with E-state index in [2.05, 4.69) is 5.32 Å². The number of piperidine rings is 1. The second-order valence-electron chi connectivity index (χ2n) is 11.0. The number of furan rings is 1. The second kappa shape index (κ2) is 11.1. The van der Waals surface area contributed by atoms with Crippen molar-refractivity contribution in [2.24, 2.45) is 5.92 Å². The van der Waals surface area contributed by atoms with E-state index >= 15 is 0 Å². The molecule has 2 aromatic rings. The number of alkyl halides is 6. The molecule has 40 heavy (non-hydrogen) atoms. The van der Waals surface area contributed by atoms with Crippen LogP contribution < -0.4 is 5.32 Å². The molecule has 0 radical (unpaired) electrons. The fourth-order valence-electron chi connectivity index (χ4n) is 5.57. The van der Waals surface area contributed by atoms with Crippen molar-refractivity contribution in [3.63, 3.8) is 0 Å². The summed E-state index contributed by atoms with van der Waals surface area (Å²) in [5.74, 6) is 0.267. The topological polar surface area (TPSA) is 65.8 Å². The van der Waals surface area contributed by atoms with Gasteiger partial charge in [-0.25, -0.2) is 0 Å². The Bertz CT molecular complexity index is 1200. The van der Waals surface area contributed by atoms with Crippen molar-refractivity contribution in [2.75, 3.05) is 19.6 Å². The summed E-state index contributed by atoms with van der Waals surface area (Å²) in [5.41, 5.74) is -4.10. The summed E-state index contributed by atoms with van der Waals surface area (Å²) in [4.78, 5) is 30.3. The lowest BCUT2D eigenvalue weighted by Gasteiger charge is -2.51. The summed E-state index contributed by atoms with van der Waals surface area (Å²) >= 11 is 0. The van der Waals surface area contributed by atoms with Gasteiger partial charge in [-0.3, -0.25) is 14.5 Å². The van der Waals surface area contributed by atoms with E-state index in [4.69, 9.17) is 4.42 Å². The average Bonchev–Trinajstić information content (AvgIpc) is 3.33. The van der Waals surface area contributed by atoms with E-state index < -0.39 is 35.1 Å². The maximum atomic E-state index is 13.3. The van der Waals surface area contributed by atoms with Crippen molar-refractivity contribution < 1.29 is 40.3 Å². The van der Waals surface area contributed by atoms with Crippen LogP contribution in [-0.4, -0.2) is 52.8 Å². The highest BCUT2D eigenvalue weighted by Crippen LogP contribution is 2.39. The maximum absolute atomic E-state index is 13.3. The first-order valence-corrected chi connectivity index (χ1v) is 13.4. The number of benzene rings is 1. The number of rotatable bonds is 7. The van der Waals surface area contributed by atoms with Crippen LogP contribution in [0.4, 0.5) is 26.3 Å². The zero-order valence-electron chi connectivity index (χ0n) is 22.6. The van der Waals surface area contributed by atoms with Crippen LogP contribution in [0.3, 0.4) is 0 Å². The summed E-state index contributed by atoms with van der Waals surface area (Å²) < 4.78 is 85.3. The van der Waals surface area contributed by atoms with E-state index in [1.54, 1.807) is 4.90 Å². The van der Waals surface area contributed by atoms with Gasteiger partial charge in [-0.15, -0.1) is 0 Å². The van der Waals surface area contributed by atoms with Gasteiger partial charge in [0.25, 0.3) is 0 Å². The molecule has 1 N–H and O–H groups in total. The van der Waals surface area contributed by atoms with Crippen molar-refractivity contribution in [2.45, 2.75) is 76.9 Å². The Balaban J connectivity index is 1.48. The van der Waals surface area contributed by atoms with Crippen LogP contribution in [-0.2, 0) is 28.5 Å². The number of amides is 2. The third-order valence-electron chi connectivity index (χ3n) is 7.56. The first-order valence-electron chi connectivity index (χ1n) is 13.4. The molecule has 3 heterocycles. The van der Waals surface area contributed by atoms with Crippen LogP contribution in [0.5, 0.6) is 0 Å². The predicted octanol–water partition coefficient (Wildman–Crippen LogP) is 6.10. The summed E-state index contributed by atoms with van der Waals surface area (Å²) in [6.45, 7) is 7.57. The maximum Gasteiger partial charge on any atom is 0.416 e. The van der Waals surface area contributed by atoms with Crippen molar-refractivity contribution in [1.29, 1.82) is 0 Å². The monoisotopic (exact) mass is 573 g/mol. The Hall–Kier alpha value is -3.02. The van der Waals surface area contributed by atoms with Gasteiger partial charge in [0.05, 0.1) is 17.7 Å². The summed E-state index contributed by atoms with van der Waals surface area (Å²) in [5, 5.41) is 2.94. The lowest BCUT2D eigenvalue weighted by molar-refractivity contribution is -0.161. The van der Waals surface area contributed by atoms with E-state index in [0.717, 1.165) is 0 Å². The fraction of sp³-hybridized carbons (Fsp3) is 0.571. The lowest BCUT2D eigenvalue weighted by atomic mass is 9.81. The molecule has 0 saturated carbocycles. The van der Waals surface area contributed by atoms with Gasteiger partial charge in [-0.1, -0.05) is 20.8 Å². The Labute approximate surface area is 228 Å². The van der Waals surface area contributed by atoms with Crippen LogP contribution in [0, 0.1) is 5.92 Å². The normalized spacial score (nSPS) is 20.4. The lowest BCUT2D eigenvalue weighted by Crippen LogP contribution is -2.73. The Morgan fingerprint density at radius 3 is 2.12 bits per heavy atom. The molecule has 12 heteroatoms. The van der Waals surface area contributed by atoms with Crippen molar-refractivity contribution in [3.8, 4) is 11.3 Å². The molecule has 1 unspecified atom stereocenters. The first kappa shape index (κ1) is 30.0. The molecule has 0 aliphatic carbocycles. The number of carbonyl (C=O) groups excluding carboxylic acids is 2. The standard InChI is InChI=1S/C28H33F6N3O3/c1-4-9-37-24(38)22(12-17(2)3)35-25(39)26(37)7-10-36(11-8-26)16-21-5-6-23(40-21)18-13-19(27(29,30)31)15-20(14-18)28(32,33)34/h5-6,13-15,17,22H,4,7-12,16H2,1-3H3,(H,35,39). The Morgan fingerprint density at radius 2 is 1.60 bits per heavy atom. The van der Waals surface area contributed by atoms with Crippen LogP contribution in [0.2, 0.25) is 0 Å². The van der Waals surface area contributed by atoms with E-state index in [1.807, 2.05) is 25.7 Å². The predicted molar refractivity (Wildman–Crippen MR) is 135 cm³/mol. The van der Waals surface area contributed by atoms with Crippen LogP contribution >= 0.6 is 0 Å². The zero-order valence-corrected chi connectivity index (χ0v) is 22.6. The fourth-order valence-corrected chi connectivity index (χ4v) is 5.57. The van der Waals surface area contributed by atoms with Crippen molar-refractivity contribution in [1.82, 2.24) is 15.1 Å². The Kier molecular flexibility index (Phi) is 8.31. The molecule has 2 amide bonds. The van der Waals surface area contributed by atoms with Gasteiger partial charge in [0.2, 0.25) is 11.8 Å². The molecule has 2 saturated heterocycles. The highest BCUT2D eigenvalue weighted by Gasteiger charge is 2.53. The third-order valence-corrected chi connectivity index (χ3v) is 7.56. The number of hydrogen-bond acceptors (Lipinski definition) is 4. The minimum absolute atomic E-state index is 0.0708. The molecule has 1 spiro atoms. The molecule has 1 aromatic heterocycles. The number of hydrogen-bond donors (Lipinski definition) is 1. The quantitative estimate of drug-likeness (QED) is 0.407. The molecule has 220 valence electrons. The number of halogens is 6. The van der Waals surface area contributed by atoms with E-state index in [9.17, 15) is 35.9 Å². The van der Waals surface area contributed by atoms with Crippen LogP contribution in [0.25, 0.3) is 11.3 Å². The molecule has 0 bridgehead atoms. The van der Waals surface area contributed by atoms with E-state index in [-0.39, 0.29) is 41.7 Å². The minimum atomic E-state index is -4.96. The molecule has 1 atom stereocenters. The zero-order chi connectivity index (χ0) is 29.5. The molecule has 4 rings (SSSR count). The number of likely N-dealkylation sites (tertiary alicyclic amines) is 1. The van der Waals surface area contributed by atoms with Crippen LogP contribution in [0.15, 0.2) is 34.7 Å². The molecular weight excluding hydrogens is 540 g/mol. The van der Waals surface area contributed by atoms with Gasteiger partial charge in [-0.05, 0) is 61.9 Å². The van der Waals surface area contributed by atoms with Gasteiger partial charge < -0.3 is 14.6 Å². The highest BCUT2D eigenvalue weighted by molar-refractivity contribution is 6.00. The largest absolute Gasteiger partial charge is 0.460 e. The third kappa shape index (κ3) is 6.16. The van der Waals surface area contributed by atoms with Gasteiger partial charge in [0.15, 0.2) is 0 Å². The number of piperazine rings is 1. The molecule has 1 aromatic carbocycles. The van der Waals surface area contributed by atoms with Gasteiger partial charge in [0, 0.05) is 25.2 Å². The van der Waals surface area contributed by atoms with Crippen molar-refractivity contribution in [3.05, 3.63) is 47.2 Å². The van der Waals surface area contributed by atoms with Crippen molar-refractivity contribution >= 4 is 11.8 Å². The number of nitrogens with one attached hydrogen (secondary N) is 1. The minimum Gasteiger partial charge on any atom is -0.460 e. The SMILES string of the molecule is CCCN1C(=O)C(CC(C)C)NC(=O)C12CCN(Cc1ccc(-c3cc(C(F)(F)F)cc(C(F)(F)F)c3)o1)CC2. The first-order chi connectivity index (χ1) is 18.6. The summed E-state index contributed by atoms with van der Waals surface area (Å²) in [7, 11) is 0. The summed E-state index contributed by atoms with van der Waals surface area (Å²) in [6.07, 6.45) is -7.85. The highest BCUT2D eigenvalue weighted by atomic mass is 19.4. The Morgan fingerprint density at radius 1 is 1.00 bits per heavy atom. The van der Waals surface area contributed by atoms with Crippen LogP contribution in [0.1, 0.15) is 63.3 Å². The van der Waals surface area contributed by atoms with Gasteiger partial charge in [0.1, 0.15) is 23.1 Å². The molecular formula is C28H33F6N3O3. The van der Waals surface area contributed by atoms with Gasteiger partial charge in [-0.2, -0.15) is 26.3 Å². The average molecular weight is 574 g/mol.